The van der Waals surface area contributed by atoms with Gasteiger partial charge in [-0.05, 0) is 16.8 Å². The van der Waals surface area contributed by atoms with Gasteiger partial charge in [-0.1, -0.05) is 78.9 Å². The molecule has 0 atom stereocenters. The first-order valence-corrected chi connectivity index (χ1v) is 20.7. The van der Waals surface area contributed by atoms with Crippen LogP contribution in [0.2, 0.25) is 0 Å². The van der Waals surface area contributed by atoms with Gasteiger partial charge in [0, 0.05) is 16.3 Å². The standard InChI is InChI=1S/C26H19N2O2.C24BF20/c29-24(19-8-2-1-3-9-19)18-28-15-14-27-17-25(28)30-26-22-12-6-4-10-20(22)16-21-11-5-7-13-23(21)26;26-5-1(6(27)14(35)21(42)13(5)34)25(2-7(28)15(36)22(43)16(37)8(2)29,3-9(30)17(38)23(44)18(39)10(3)31)4-11(32)19(40)24(45)20(41)12(4)33/h1-17H,18H2;/q+1;-1. The van der Waals surface area contributed by atoms with Gasteiger partial charge in [0.1, 0.15) is 64.6 Å². The summed E-state index contributed by atoms with van der Waals surface area (Å²) in [6, 6.07) is 27.7. The third-order valence-electron chi connectivity index (χ3n) is 11.8. The first-order chi connectivity index (χ1) is 35.5. The van der Waals surface area contributed by atoms with E-state index in [1.807, 2.05) is 66.7 Å². The molecular formula is C50H19BF20N2O2. The fourth-order valence-corrected chi connectivity index (χ4v) is 8.52. The molecule has 25 heteroatoms. The van der Waals surface area contributed by atoms with Crippen LogP contribution in [0.5, 0.6) is 11.6 Å². The Hall–Kier alpha value is -8.51. The van der Waals surface area contributed by atoms with Crippen molar-refractivity contribution in [3.05, 3.63) is 225 Å². The van der Waals surface area contributed by atoms with Crippen LogP contribution in [0.1, 0.15) is 10.4 Å². The van der Waals surface area contributed by atoms with Gasteiger partial charge in [-0.2, -0.15) is 4.57 Å². The van der Waals surface area contributed by atoms with E-state index < -0.39 is 144 Å². The Labute approximate surface area is 405 Å². The fourth-order valence-electron chi connectivity index (χ4n) is 8.52. The van der Waals surface area contributed by atoms with Crippen LogP contribution in [0.4, 0.5) is 87.8 Å². The molecule has 0 spiro atoms. The molecule has 0 aliphatic carbocycles. The van der Waals surface area contributed by atoms with Crippen molar-refractivity contribution in [1.29, 1.82) is 0 Å². The zero-order valence-corrected chi connectivity index (χ0v) is 36.4. The average molecular weight is 1070 g/mol. The number of hydrogen-bond acceptors (Lipinski definition) is 3. The highest BCUT2D eigenvalue weighted by atomic mass is 19.2. The third kappa shape index (κ3) is 8.48. The minimum Gasteiger partial charge on any atom is -0.403 e. The van der Waals surface area contributed by atoms with Crippen LogP contribution in [-0.2, 0) is 6.54 Å². The lowest BCUT2D eigenvalue weighted by Gasteiger charge is -2.44. The van der Waals surface area contributed by atoms with Gasteiger partial charge in [0.15, 0.2) is 76.0 Å². The highest BCUT2D eigenvalue weighted by Gasteiger charge is 2.52. The van der Waals surface area contributed by atoms with Crippen LogP contribution >= 0.6 is 0 Å². The van der Waals surface area contributed by atoms with E-state index in [1.165, 1.54) is 0 Å². The van der Waals surface area contributed by atoms with Crippen molar-refractivity contribution >= 4 is 55.3 Å². The summed E-state index contributed by atoms with van der Waals surface area (Å²) in [7, 11) is 0. The summed E-state index contributed by atoms with van der Waals surface area (Å²) in [5.41, 5.74) is -13.7. The van der Waals surface area contributed by atoms with Crippen LogP contribution in [0, 0.1) is 116 Å². The molecular weight excluding hydrogens is 1050 g/mol. The average Bonchev–Trinajstić information content (AvgIpc) is 3.41. The summed E-state index contributed by atoms with van der Waals surface area (Å²) < 4.78 is 302. The summed E-state index contributed by atoms with van der Waals surface area (Å²) in [5, 5.41) is 4.23. The molecule has 0 N–H and O–H groups in total. The molecule has 0 saturated carbocycles. The molecule has 8 aromatic carbocycles. The van der Waals surface area contributed by atoms with Gasteiger partial charge in [0.25, 0.3) is 0 Å². The number of Topliss-reactive ketones (excluding diaryl/α,β-unsaturated/α-hetero) is 1. The van der Waals surface area contributed by atoms with E-state index in [2.05, 4.69) is 23.2 Å². The molecule has 9 aromatic rings. The van der Waals surface area contributed by atoms with Crippen LogP contribution in [0.15, 0.2) is 104 Å². The Balaban J connectivity index is 0.000000215. The second kappa shape index (κ2) is 20.1. The lowest BCUT2D eigenvalue weighted by atomic mass is 9.12. The van der Waals surface area contributed by atoms with Crippen LogP contribution in [0.3, 0.4) is 0 Å². The highest BCUT2D eigenvalue weighted by molar-refractivity contribution is 7.20. The molecule has 384 valence electrons. The van der Waals surface area contributed by atoms with E-state index in [9.17, 15) is 57.5 Å². The molecule has 9 rings (SSSR count). The summed E-state index contributed by atoms with van der Waals surface area (Å²) >= 11 is 0. The normalized spacial score (nSPS) is 11.6. The summed E-state index contributed by atoms with van der Waals surface area (Å²) in [5.74, 6) is -70.1. The van der Waals surface area contributed by atoms with Crippen LogP contribution in [0.25, 0.3) is 21.5 Å². The maximum absolute atomic E-state index is 15.4. The molecule has 0 saturated heterocycles. The van der Waals surface area contributed by atoms with Crippen LogP contribution < -0.4 is 31.2 Å². The molecule has 0 bridgehead atoms. The molecule has 0 radical (unpaired) electrons. The number of benzene rings is 8. The van der Waals surface area contributed by atoms with E-state index in [4.69, 9.17) is 4.74 Å². The number of aromatic nitrogens is 2. The lowest BCUT2D eigenvalue weighted by molar-refractivity contribution is -0.687. The van der Waals surface area contributed by atoms with Gasteiger partial charge in [-0.15, -0.1) is 21.9 Å². The Kier molecular flexibility index (Phi) is 14.1. The molecule has 0 amide bonds. The SMILES string of the molecule is Fc1c(F)c(F)c([B-](c2c(F)c(F)c(F)c(F)c2F)(c2c(F)c(F)c(F)c(F)c2F)c2c(F)c(F)c(F)c(F)c2F)c(F)c1F.O=C(C[n+]1ccncc1Oc1c2ccccc2cc2ccccc12)c1ccccc1. The number of ketones is 1. The lowest BCUT2D eigenvalue weighted by Crippen LogP contribution is -2.81. The topological polar surface area (TPSA) is 43.1 Å². The summed E-state index contributed by atoms with van der Waals surface area (Å²) in [4.78, 5) is 17.0. The predicted molar refractivity (Wildman–Crippen MR) is 226 cm³/mol. The van der Waals surface area contributed by atoms with E-state index in [0.717, 1.165) is 27.3 Å². The first kappa shape index (κ1) is 52.8. The number of nitrogens with zero attached hydrogens (tertiary/aromatic N) is 2. The van der Waals surface area contributed by atoms with Crippen molar-refractivity contribution in [2.45, 2.75) is 6.54 Å². The summed E-state index contributed by atoms with van der Waals surface area (Å²) in [6.45, 7) is 0.171. The van der Waals surface area contributed by atoms with E-state index in [1.54, 1.807) is 23.2 Å². The van der Waals surface area contributed by atoms with E-state index in [-0.39, 0.29) is 12.3 Å². The van der Waals surface area contributed by atoms with Crippen molar-refractivity contribution in [2.75, 3.05) is 0 Å². The van der Waals surface area contributed by atoms with Gasteiger partial charge >= 0.3 is 5.88 Å². The van der Waals surface area contributed by atoms with Crippen molar-refractivity contribution in [3.8, 4) is 11.6 Å². The molecule has 1 heterocycles. The number of carbonyl (C=O) groups is 1. The number of halogens is 20. The Bertz CT molecular complexity index is 3390. The number of carbonyl (C=O) groups excluding carboxylic acids is 1. The molecule has 0 aliphatic rings. The number of hydrogen-bond donors (Lipinski definition) is 0. The molecule has 4 nitrogen and oxygen atoms in total. The summed E-state index contributed by atoms with van der Waals surface area (Å²) in [6.07, 6.45) is -2.14. The molecule has 1 aromatic heterocycles. The molecule has 0 unspecified atom stereocenters. The Morgan fingerprint density at radius 2 is 0.720 bits per heavy atom. The largest absolute Gasteiger partial charge is 0.403 e. The van der Waals surface area contributed by atoms with E-state index >= 15 is 35.1 Å². The Morgan fingerprint density at radius 1 is 0.413 bits per heavy atom. The van der Waals surface area contributed by atoms with Crippen molar-refractivity contribution in [1.82, 2.24) is 4.98 Å². The Morgan fingerprint density at radius 3 is 1.07 bits per heavy atom. The minimum atomic E-state index is -7.22. The van der Waals surface area contributed by atoms with Gasteiger partial charge in [0.05, 0.1) is 6.20 Å². The molecule has 0 aliphatic heterocycles. The van der Waals surface area contributed by atoms with Gasteiger partial charge < -0.3 is 4.74 Å². The smallest absolute Gasteiger partial charge is 0.392 e. The van der Waals surface area contributed by atoms with Crippen molar-refractivity contribution < 1.29 is 102 Å². The number of fused-ring (bicyclic) bond motifs is 2. The third-order valence-corrected chi connectivity index (χ3v) is 11.8. The van der Waals surface area contributed by atoms with Gasteiger partial charge in [0.2, 0.25) is 12.3 Å². The minimum absolute atomic E-state index is 0.0134. The highest BCUT2D eigenvalue weighted by Crippen LogP contribution is 2.37. The van der Waals surface area contributed by atoms with Crippen LogP contribution in [-0.4, -0.2) is 16.9 Å². The van der Waals surface area contributed by atoms with E-state index in [0.29, 0.717) is 11.4 Å². The fraction of sp³-hybridized carbons (Fsp3) is 0.0200. The van der Waals surface area contributed by atoms with Crippen molar-refractivity contribution in [3.63, 3.8) is 0 Å². The zero-order valence-electron chi connectivity index (χ0n) is 36.4. The predicted octanol–water partition coefficient (Wildman–Crippen LogP) is 11.2. The maximum Gasteiger partial charge on any atom is 0.392 e. The van der Waals surface area contributed by atoms with Gasteiger partial charge in [-0.3, -0.25) is 4.79 Å². The number of ether oxygens (including phenoxy) is 1. The van der Waals surface area contributed by atoms with Crippen molar-refractivity contribution in [2.24, 2.45) is 0 Å². The quantitative estimate of drug-likeness (QED) is 0.0275. The van der Waals surface area contributed by atoms with Gasteiger partial charge in [-0.25, -0.2) is 92.8 Å². The maximum atomic E-state index is 15.4. The first-order valence-electron chi connectivity index (χ1n) is 20.7. The monoisotopic (exact) mass is 1070 g/mol. The second-order valence-electron chi connectivity index (χ2n) is 15.9. The molecule has 0 fully saturated rings. The zero-order chi connectivity index (χ0) is 54.7. The number of rotatable bonds is 9. The second-order valence-corrected chi connectivity index (χ2v) is 15.9. The molecule has 75 heavy (non-hydrogen) atoms.